The van der Waals surface area contributed by atoms with Crippen LogP contribution in [-0.2, 0) is 0 Å². The smallest absolute Gasteiger partial charge is 1.00 e. The van der Waals surface area contributed by atoms with E-state index in [1.165, 1.54) is 0 Å². The fourth-order valence-electron chi connectivity index (χ4n) is 0.115. The summed E-state index contributed by atoms with van der Waals surface area (Å²) in [5.74, 6) is 0. The summed E-state index contributed by atoms with van der Waals surface area (Å²) in [4.78, 5) is 0. The van der Waals surface area contributed by atoms with Gasteiger partial charge < -0.3 is 16.7 Å². The van der Waals surface area contributed by atoms with Crippen LogP contribution in [-0.4, -0.2) is 28.2 Å². The van der Waals surface area contributed by atoms with Crippen molar-refractivity contribution in [3.8, 4) is 0 Å². The average Bonchev–Trinajstić information content (AvgIpc) is 1.35. The largest absolute Gasteiger partial charge is 1.00 e. The van der Waals surface area contributed by atoms with Crippen LogP contribution >= 0.6 is 0 Å². The van der Waals surface area contributed by atoms with Gasteiger partial charge in [-0.05, 0) is 0 Å². The van der Waals surface area contributed by atoms with Gasteiger partial charge >= 0.3 is 51.4 Å². The van der Waals surface area contributed by atoms with Crippen LogP contribution in [0.2, 0.25) is 0 Å². The van der Waals surface area contributed by atoms with E-state index in [4.69, 9.17) is 15.3 Å². The van der Waals surface area contributed by atoms with Crippen LogP contribution in [0, 0.1) is 0 Å². The van der Waals surface area contributed by atoms with E-state index < -0.39 is 6.29 Å². The molecule has 3 N–H and O–H groups in total. The Balaban J connectivity index is -0.000000125. The van der Waals surface area contributed by atoms with Gasteiger partial charge in [0.05, 0.1) is 0 Å². The standard InChI is InChI=1S/C3H8O3.K.H/c4-2-1-3(5)6;;/h3-6H,1-2H2;;/q;+1;-1. The Bertz CT molecular complexity index is 35.7. The Morgan fingerprint density at radius 3 is 1.86 bits per heavy atom. The van der Waals surface area contributed by atoms with Crippen LogP contribution in [0.25, 0.3) is 0 Å². The third-order valence-corrected chi connectivity index (χ3v) is 0.387. The molecule has 0 aromatic heterocycles. The summed E-state index contributed by atoms with van der Waals surface area (Å²) < 4.78 is 0. The molecular weight excluding hydrogens is 123 g/mol. The predicted octanol–water partition coefficient (Wildman–Crippen LogP) is -4.20. The zero-order chi connectivity index (χ0) is 4.99. The third kappa shape index (κ3) is 11.2. The van der Waals surface area contributed by atoms with Gasteiger partial charge in [-0.1, -0.05) is 0 Å². The van der Waals surface area contributed by atoms with Crippen molar-refractivity contribution < 1.29 is 68.1 Å². The Morgan fingerprint density at radius 1 is 1.43 bits per heavy atom. The van der Waals surface area contributed by atoms with Crippen LogP contribution < -0.4 is 51.4 Å². The first-order valence-corrected chi connectivity index (χ1v) is 1.74. The molecule has 0 atom stereocenters. The maximum atomic E-state index is 7.95. The first kappa shape index (κ1) is 11.3. The minimum Gasteiger partial charge on any atom is -1.00 e. The van der Waals surface area contributed by atoms with Crippen molar-refractivity contribution in [1.29, 1.82) is 0 Å². The molecule has 0 fully saturated rings. The van der Waals surface area contributed by atoms with Crippen molar-refractivity contribution >= 4 is 0 Å². The van der Waals surface area contributed by atoms with Gasteiger partial charge in [-0.3, -0.25) is 0 Å². The molecule has 0 aliphatic heterocycles. The maximum absolute atomic E-state index is 7.95. The summed E-state index contributed by atoms with van der Waals surface area (Å²) in [6, 6.07) is 0. The molecule has 0 aromatic rings. The van der Waals surface area contributed by atoms with Gasteiger partial charge in [0.1, 0.15) is 0 Å². The Morgan fingerprint density at radius 2 is 1.86 bits per heavy atom. The second-order valence-corrected chi connectivity index (χ2v) is 0.993. The summed E-state index contributed by atoms with van der Waals surface area (Å²) in [7, 11) is 0. The van der Waals surface area contributed by atoms with Crippen LogP contribution in [0.15, 0.2) is 0 Å². The molecule has 40 valence electrons. The van der Waals surface area contributed by atoms with E-state index >= 15 is 0 Å². The molecule has 0 saturated carbocycles. The number of rotatable bonds is 2. The first-order valence-electron chi connectivity index (χ1n) is 1.74. The van der Waals surface area contributed by atoms with Crippen molar-refractivity contribution in [1.82, 2.24) is 0 Å². The Labute approximate surface area is 86.3 Å². The molecule has 0 bridgehead atoms. The van der Waals surface area contributed by atoms with E-state index in [0.29, 0.717) is 0 Å². The van der Waals surface area contributed by atoms with E-state index in [-0.39, 0.29) is 65.8 Å². The second-order valence-electron chi connectivity index (χ2n) is 0.993. The van der Waals surface area contributed by atoms with Crippen LogP contribution in [0.1, 0.15) is 7.85 Å². The quantitative estimate of drug-likeness (QED) is 0.264. The van der Waals surface area contributed by atoms with E-state index in [9.17, 15) is 0 Å². The molecule has 0 heterocycles. The van der Waals surface area contributed by atoms with E-state index in [2.05, 4.69) is 0 Å². The van der Waals surface area contributed by atoms with Crippen LogP contribution in [0.5, 0.6) is 0 Å². The fourth-order valence-corrected chi connectivity index (χ4v) is 0.115. The average molecular weight is 132 g/mol. The summed E-state index contributed by atoms with van der Waals surface area (Å²) >= 11 is 0. The summed E-state index contributed by atoms with van der Waals surface area (Å²) in [6.45, 7) is -0.169. The van der Waals surface area contributed by atoms with Crippen molar-refractivity contribution in [2.24, 2.45) is 0 Å². The van der Waals surface area contributed by atoms with Gasteiger partial charge in [-0.25, -0.2) is 0 Å². The zero-order valence-electron chi connectivity index (χ0n) is 5.33. The topological polar surface area (TPSA) is 60.7 Å². The molecule has 0 radical (unpaired) electrons. The fraction of sp³-hybridized carbons (Fsp3) is 1.00. The molecule has 0 aliphatic carbocycles. The maximum Gasteiger partial charge on any atom is 1.00 e. The van der Waals surface area contributed by atoms with Gasteiger partial charge in [-0.15, -0.1) is 0 Å². The van der Waals surface area contributed by atoms with Crippen molar-refractivity contribution in [3.05, 3.63) is 0 Å². The summed E-state index contributed by atoms with van der Waals surface area (Å²) in [6.07, 6.45) is -1.31. The zero-order valence-corrected chi connectivity index (χ0v) is 7.46. The summed E-state index contributed by atoms with van der Waals surface area (Å²) in [5, 5.41) is 23.8. The van der Waals surface area contributed by atoms with Crippen LogP contribution in [0.4, 0.5) is 0 Å². The predicted molar refractivity (Wildman–Crippen MR) is 21.0 cm³/mol. The van der Waals surface area contributed by atoms with E-state index in [1.807, 2.05) is 0 Å². The van der Waals surface area contributed by atoms with Gasteiger partial charge in [0.25, 0.3) is 0 Å². The SMILES string of the molecule is OCCC(O)O.[H-].[K+]. The van der Waals surface area contributed by atoms with Gasteiger partial charge in [-0.2, -0.15) is 0 Å². The van der Waals surface area contributed by atoms with Gasteiger partial charge in [0.15, 0.2) is 6.29 Å². The molecule has 0 unspecified atom stereocenters. The normalized spacial score (nSPS) is 8.57. The third-order valence-electron chi connectivity index (χ3n) is 0.387. The minimum atomic E-state index is -1.35. The molecule has 0 aliphatic rings. The van der Waals surface area contributed by atoms with Gasteiger partial charge in [0.2, 0.25) is 0 Å². The Hall–Kier alpha value is 1.52. The molecule has 0 amide bonds. The molecule has 0 aromatic carbocycles. The number of hydrogen-bond donors (Lipinski definition) is 3. The number of aliphatic hydroxyl groups excluding tert-OH is 2. The molecule has 0 spiro atoms. The molecule has 0 rings (SSSR count). The molecule has 7 heavy (non-hydrogen) atoms. The summed E-state index contributed by atoms with van der Waals surface area (Å²) in [5.41, 5.74) is 0. The van der Waals surface area contributed by atoms with Crippen molar-refractivity contribution in [2.75, 3.05) is 6.61 Å². The second kappa shape index (κ2) is 7.52. The number of hydrogen-bond acceptors (Lipinski definition) is 3. The monoisotopic (exact) mass is 132 g/mol. The Kier molecular flexibility index (Phi) is 12.2. The van der Waals surface area contributed by atoms with E-state index in [1.54, 1.807) is 0 Å². The van der Waals surface area contributed by atoms with Crippen molar-refractivity contribution in [2.45, 2.75) is 12.7 Å². The van der Waals surface area contributed by atoms with Gasteiger partial charge in [0, 0.05) is 13.0 Å². The minimum absolute atomic E-state index is 0. The van der Waals surface area contributed by atoms with Crippen molar-refractivity contribution in [3.63, 3.8) is 0 Å². The first-order chi connectivity index (χ1) is 2.77. The molecule has 4 heteroatoms. The molecule has 3 nitrogen and oxygen atoms in total. The number of aliphatic hydroxyl groups is 3. The van der Waals surface area contributed by atoms with E-state index in [0.717, 1.165) is 0 Å². The molecule has 0 saturated heterocycles. The molecular formula is C3H9KO3. The van der Waals surface area contributed by atoms with Crippen LogP contribution in [0.3, 0.4) is 0 Å².